The summed E-state index contributed by atoms with van der Waals surface area (Å²) in [5.41, 5.74) is 2.26. The Morgan fingerprint density at radius 3 is 2.59 bits per heavy atom. The third kappa shape index (κ3) is 4.16. The summed E-state index contributed by atoms with van der Waals surface area (Å²) in [6.07, 6.45) is 0. The fraction of sp³-hybridized carbons (Fsp3) is 0.538. The average Bonchev–Trinajstić information content (AvgIpc) is 2.29. The maximum Gasteiger partial charge on any atom is 0.0637 e. The first-order chi connectivity index (χ1) is 8.10. The van der Waals surface area contributed by atoms with Crippen LogP contribution in [0.4, 0.5) is 5.69 Å². The number of anilines is 1. The summed E-state index contributed by atoms with van der Waals surface area (Å²) in [5, 5.41) is 1.59. The Morgan fingerprint density at radius 2 is 2.12 bits per heavy atom. The highest BCUT2D eigenvalue weighted by Crippen LogP contribution is 2.26. The Bertz CT molecular complexity index is 357. The van der Waals surface area contributed by atoms with Crippen molar-refractivity contribution in [3.05, 3.63) is 28.8 Å². The van der Waals surface area contributed by atoms with Gasteiger partial charge in [-0.25, -0.2) is 0 Å². The van der Waals surface area contributed by atoms with Crippen LogP contribution in [0.15, 0.2) is 18.2 Å². The largest absolute Gasteiger partial charge is 0.383 e. The van der Waals surface area contributed by atoms with Crippen molar-refractivity contribution >= 4 is 33.2 Å². The lowest BCUT2D eigenvalue weighted by Gasteiger charge is -2.29. The molecule has 0 heterocycles. The first-order valence-electron chi connectivity index (χ1n) is 5.70. The van der Waals surface area contributed by atoms with Crippen molar-refractivity contribution in [2.75, 3.05) is 25.2 Å². The lowest BCUT2D eigenvalue weighted by molar-refractivity contribution is 0.204. The molecule has 1 rings (SSSR count). The molecule has 0 aliphatic rings. The SMILES string of the molecule is COCCN(c1ccc(CBr)c(Cl)c1)C(C)C. The lowest BCUT2D eigenvalue weighted by Crippen LogP contribution is -2.33. The number of hydrogen-bond acceptors (Lipinski definition) is 2. The van der Waals surface area contributed by atoms with E-state index in [-0.39, 0.29) is 0 Å². The van der Waals surface area contributed by atoms with E-state index >= 15 is 0 Å². The van der Waals surface area contributed by atoms with Crippen molar-refractivity contribution in [2.45, 2.75) is 25.2 Å². The zero-order chi connectivity index (χ0) is 12.8. The summed E-state index contributed by atoms with van der Waals surface area (Å²) in [5.74, 6) is 0. The first kappa shape index (κ1) is 14.8. The third-order valence-corrected chi connectivity index (χ3v) is 3.63. The van der Waals surface area contributed by atoms with Gasteiger partial charge in [-0.1, -0.05) is 33.6 Å². The molecule has 0 bridgehead atoms. The normalized spacial score (nSPS) is 10.9. The molecular formula is C13H19BrClNO. The van der Waals surface area contributed by atoms with Crippen molar-refractivity contribution in [1.29, 1.82) is 0 Å². The van der Waals surface area contributed by atoms with E-state index in [4.69, 9.17) is 16.3 Å². The Hall–Kier alpha value is -0.250. The van der Waals surface area contributed by atoms with Gasteiger partial charge in [0.1, 0.15) is 0 Å². The number of halogens is 2. The highest BCUT2D eigenvalue weighted by Gasteiger charge is 2.11. The van der Waals surface area contributed by atoms with Gasteiger partial charge in [-0.05, 0) is 31.5 Å². The summed E-state index contributed by atoms with van der Waals surface area (Å²) >= 11 is 9.65. The maximum absolute atomic E-state index is 6.22. The molecular weight excluding hydrogens is 302 g/mol. The molecule has 0 radical (unpaired) electrons. The van der Waals surface area contributed by atoms with Gasteiger partial charge in [0, 0.05) is 35.7 Å². The molecule has 0 spiro atoms. The molecule has 1 aromatic rings. The summed E-state index contributed by atoms with van der Waals surface area (Å²) in [4.78, 5) is 2.29. The molecule has 0 aliphatic heterocycles. The summed E-state index contributed by atoms with van der Waals surface area (Å²) in [6.45, 7) is 5.93. The van der Waals surface area contributed by atoms with Gasteiger partial charge >= 0.3 is 0 Å². The highest BCUT2D eigenvalue weighted by molar-refractivity contribution is 9.08. The van der Waals surface area contributed by atoms with Crippen LogP contribution in [-0.2, 0) is 10.1 Å². The van der Waals surface area contributed by atoms with Gasteiger partial charge in [0.05, 0.1) is 6.61 Å². The van der Waals surface area contributed by atoms with Crippen molar-refractivity contribution in [2.24, 2.45) is 0 Å². The molecule has 0 aliphatic carbocycles. The van der Waals surface area contributed by atoms with Gasteiger partial charge < -0.3 is 9.64 Å². The molecule has 4 heteroatoms. The van der Waals surface area contributed by atoms with E-state index in [1.807, 2.05) is 6.07 Å². The van der Waals surface area contributed by atoms with Crippen LogP contribution in [0.5, 0.6) is 0 Å². The number of alkyl halides is 1. The molecule has 17 heavy (non-hydrogen) atoms. The number of benzene rings is 1. The molecule has 0 atom stereocenters. The van der Waals surface area contributed by atoms with E-state index in [0.29, 0.717) is 6.04 Å². The van der Waals surface area contributed by atoms with Crippen LogP contribution in [0.3, 0.4) is 0 Å². The van der Waals surface area contributed by atoms with Gasteiger partial charge in [-0.15, -0.1) is 0 Å². The van der Waals surface area contributed by atoms with E-state index in [0.717, 1.165) is 34.8 Å². The quantitative estimate of drug-likeness (QED) is 0.732. The molecule has 96 valence electrons. The van der Waals surface area contributed by atoms with Crippen LogP contribution >= 0.6 is 27.5 Å². The van der Waals surface area contributed by atoms with Gasteiger partial charge in [-0.2, -0.15) is 0 Å². The Labute approximate surface area is 117 Å². The first-order valence-corrected chi connectivity index (χ1v) is 7.20. The van der Waals surface area contributed by atoms with Gasteiger partial charge in [0.15, 0.2) is 0 Å². The van der Waals surface area contributed by atoms with E-state index in [1.165, 1.54) is 0 Å². The fourth-order valence-corrected chi connectivity index (χ4v) is 2.59. The number of ether oxygens (including phenoxy) is 1. The van der Waals surface area contributed by atoms with Gasteiger partial charge in [0.2, 0.25) is 0 Å². The van der Waals surface area contributed by atoms with Crippen LogP contribution in [0.25, 0.3) is 0 Å². The molecule has 0 N–H and O–H groups in total. The molecule has 1 aromatic carbocycles. The number of rotatable bonds is 6. The molecule has 0 fully saturated rings. The van der Waals surface area contributed by atoms with Crippen LogP contribution in [0.2, 0.25) is 5.02 Å². The molecule has 0 unspecified atom stereocenters. The van der Waals surface area contributed by atoms with Crippen LogP contribution in [0.1, 0.15) is 19.4 Å². The minimum absolute atomic E-state index is 0.427. The zero-order valence-electron chi connectivity index (χ0n) is 10.5. The minimum Gasteiger partial charge on any atom is -0.383 e. The van der Waals surface area contributed by atoms with Crippen LogP contribution < -0.4 is 4.90 Å². The smallest absolute Gasteiger partial charge is 0.0637 e. The summed E-state index contributed by atoms with van der Waals surface area (Å²) in [6, 6.07) is 6.62. The standard InChI is InChI=1S/C13H19BrClNO/c1-10(2)16(6-7-17-3)12-5-4-11(9-14)13(15)8-12/h4-5,8,10H,6-7,9H2,1-3H3. The van der Waals surface area contributed by atoms with Crippen molar-refractivity contribution in [3.63, 3.8) is 0 Å². The molecule has 2 nitrogen and oxygen atoms in total. The van der Waals surface area contributed by atoms with E-state index in [9.17, 15) is 0 Å². The van der Waals surface area contributed by atoms with E-state index in [2.05, 4.69) is 46.8 Å². The molecule has 0 saturated heterocycles. The van der Waals surface area contributed by atoms with Crippen molar-refractivity contribution in [3.8, 4) is 0 Å². The molecule has 0 saturated carbocycles. The predicted octanol–water partition coefficient (Wildman–Crippen LogP) is 4.10. The van der Waals surface area contributed by atoms with Crippen LogP contribution in [-0.4, -0.2) is 26.3 Å². The molecule has 0 amide bonds. The van der Waals surface area contributed by atoms with E-state index < -0.39 is 0 Å². The topological polar surface area (TPSA) is 12.5 Å². The van der Waals surface area contributed by atoms with Gasteiger partial charge in [0.25, 0.3) is 0 Å². The maximum atomic E-state index is 6.22. The Kier molecular flexibility index (Phi) is 6.31. The highest BCUT2D eigenvalue weighted by atomic mass is 79.9. The fourth-order valence-electron chi connectivity index (χ4n) is 1.70. The Morgan fingerprint density at radius 1 is 1.41 bits per heavy atom. The van der Waals surface area contributed by atoms with Crippen LogP contribution in [0, 0.1) is 0 Å². The second kappa shape index (κ2) is 7.24. The van der Waals surface area contributed by atoms with Crippen molar-refractivity contribution in [1.82, 2.24) is 0 Å². The second-order valence-electron chi connectivity index (χ2n) is 4.19. The van der Waals surface area contributed by atoms with E-state index in [1.54, 1.807) is 7.11 Å². The summed E-state index contributed by atoms with van der Waals surface area (Å²) < 4.78 is 5.14. The number of nitrogens with zero attached hydrogens (tertiary/aromatic N) is 1. The Balaban J connectivity index is 2.90. The number of hydrogen-bond donors (Lipinski definition) is 0. The lowest BCUT2D eigenvalue weighted by atomic mass is 10.2. The predicted molar refractivity (Wildman–Crippen MR) is 78.4 cm³/mol. The monoisotopic (exact) mass is 319 g/mol. The zero-order valence-corrected chi connectivity index (χ0v) is 12.9. The summed E-state index contributed by atoms with van der Waals surface area (Å²) in [7, 11) is 1.72. The second-order valence-corrected chi connectivity index (χ2v) is 5.16. The third-order valence-electron chi connectivity index (χ3n) is 2.67. The molecule has 0 aromatic heterocycles. The average molecular weight is 321 g/mol. The number of methoxy groups -OCH3 is 1. The van der Waals surface area contributed by atoms with Gasteiger partial charge in [-0.3, -0.25) is 0 Å². The van der Waals surface area contributed by atoms with Crippen molar-refractivity contribution < 1.29 is 4.74 Å². The minimum atomic E-state index is 0.427.